The number of nitrogens with one attached hydrogen (secondary N) is 1. The normalized spacial score (nSPS) is 10.2. The number of nitro groups is 1. The van der Waals surface area contributed by atoms with Gasteiger partial charge in [-0.3, -0.25) is 10.1 Å². The Morgan fingerprint density at radius 1 is 1.29 bits per heavy atom. The highest BCUT2D eigenvalue weighted by molar-refractivity contribution is 6.34. The minimum atomic E-state index is -1.30. The Hall–Kier alpha value is -2.60. The second-order valence-electron chi connectivity index (χ2n) is 4.40. The average Bonchev–Trinajstić information content (AvgIpc) is 2.42. The average molecular weight is 307 g/mol. The Kier molecular flexibility index (Phi) is 4.09. The van der Waals surface area contributed by atoms with Crippen LogP contribution in [0.3, 0.4) is 0 Å². The quantitative estimate of drug-likeness (QED) is 0.658. The lowest BCUT2D eigenvalue weighted by atomic mass is 10.1. The van der Waals surface area contributed by atoms with Crippen LogP contribution < -0.4 is 5.32 Å². The van der Waals surface area contributed by atoms with Crippen molar-refractivity contribution < 1.29 is 14.8 Å². The summed E-state index contributed by atoms with van der Waals surface area (Å²) in [6.45, 7) is 1.92. The number of nitro benzene ring substituents is 1. The number of carbonyl (C=O) groups is 1. The molecule has 0 saturated heterocycles. The highest BCUT2D eigenvalue weighted by atomic mass is 35.5. The van der Waals surface area contributed by atoms with E-state index >= 15 is 0 Å². The molecule has 0 aromatic heterocycles. The van der Waals surface area contributed by atoms with E-state index in [1.807, 2.05) is 19.1 Å². The number of benzene rings is 2. The number of carboxylic acids is 1. The Bertz CT molecular complexity index is 714. The molecule has 0 aliphatic carbocycles. The molecule has 2 rings (SSSR count). The fourth-order valence-electron chi connectivity index (χ4n) is 1.77. The summed E-state index contributed by atoms with van der Waals surface area (Å²) in [7, 11) is 0. The molecule has 0 aliphatic heterocycles. The monoisotopic (exact) mass is 306 g/mol. The molecule has 0 heterocycles. The number of rotatable bonds is 4. The van der Waals surface area contributed by atoms with Gasteiger partial charge >= 0.3 is 5.97 Å². The van der Waals surface area contributed by atoms with Crippen LogP contribution >= 0.6 is 11.6 Å². The van der Waals surface area contributed by atoms with Gasteiger partial charge in [-0.2, -0.15) is 0 Å². The highest BCUT2D eigenvalue weighted by Crippen LogP contribution is 2.33. The van der Waals surface area contributed by atoms with Crippen molar-refractivity contribution in [2.45, 2.75) is 6.92 Å². The standard InChI is InChI=1S/C14H11ClN2O4/c1-8-2-4-9(5-3-8)16-13-11(14(18)19)6-10(17(20)21)7-12(13)15/h2-7,16H,1H3,(H,18,19). The van der Waals surface area contributed by atoms with E-state index < -0.39 is 10.9 Å². The molecular weight excluding hydrogens is 296 g/mol. The van der Waals surface area contributed by atoms with Crippen LogP contribution in [0.25, 0.3) is 0 Å². The van der Waals surface area contributed by atoms with Crippen LogP contribution in [0.2, 0.25) is 5.02 Å². The lowest BCUT2D eigenvalue weighted by molar-refractivity contribution is -0.384. The van der Waals surface area contributed by atoms with Crippen molar-refractivity contribution in [2.75, 3.05) is 5.32 Å². The van der Waals surface area contributed by atoms with E-state index in [-0.39, 0.29) is 22.0 Å². The SMILES string of the molecule is Cc1ccc(Nc2c(Cl)cc([N+](=O)[O-])cc2C(=O)O)cc1. The summed E-state index contributed by atoms with van der Waals surface area (Å²) in [5.74, 6) is -1.30. The molecule has 2 aromatic rings. The van der Waals surface area contributed by atoms with Gasteiger partial charge in [0, 0.05) is 17.8 Å². The predicted molar refractivity (Wildman–Crippen MR) is 79.5 cm³/mol. The molecule has 21 heavy (non-hydrogen) atoms. The number of nitrogens with zero attached hydrogens (tertiary/aromatic N) is 1. The lowest BCUT2D eigenvalue weighted by Gasteiger charge is -2.12. The zero-order chi connectivity index (χ0) is 15.6. The van der Waals surface area contributed by atoms with E-state index in [1.54, 1.807) is 12.1 Å². The van der Waals surface area contributed by atoms with Crippen LogP contribution in [0, 0.1) is 17.0 Å². The fraction of sp³-hybridized carbons (Fsp3) is 0.0714. The van der Waals surface area contributed by atoms with Crippen LogP contribution in [0.1, 0.15) is 15.9 Å². The van der Waals surface area contributed by atoms with Crippen molar-refractivity contribution in [2.24, 2.45) is 0 Å². The molecule has 7 heteroatoms. The molecule has 2 N–H and O–H groups in total. The number of non-ortho nitro benzene ring substituents is 1. The molecular formula is C14H11ClN2O4. The van der Waals surface area contributed by atoms with Gasteiger partial charge in [-0.15, -0.1) is 0 Å². The van der Waals surface area contributed by atoms with Gasteiger partial charge in [0.25, 0.3) is 5.69 Å². The Morgan fingerprint density at radius 2 is 1.90 bits per heavy atom. The van der Waals surface area contributed by atoms with E-state index in [0.717, 1.165) is 17.7 Å². The minimum absolute atomic E-state index is 0.0258. The van der Waals surface area contributed by atoms with Crippen LogP contribution in [0.4, 0.5) is 17.1 Å². The summed E-state index contributed by atoms with van der Waals surface area (Å²) >= 11 is 5.97. The molecule has 0 radical (unpaired) electrons. The second kappa shape index (κ2) is 5.80. The number of aromatic carboxylic acids is 1. The Morgan fingerprint density at radius 3 is 2.43 bits per heavy atom. The van der Waals surface area contributed by atoms with E-state index in [0.29, 0.717) is 5.69 Å². The number of halogens is 1. The van der Waals surface area contributed by atoms with Gasteiger partial charge in [-0.05, 0) is 19.1 Å². The second-order valence-corrected chi connectivity index (χ2v) is 4.81. The van der Waals surface area contributed by atoms with Gasteiger partial charge in [0.05, 0.1) is 21.2 Å². The minimum Gasteiger partial charge on any atom is -0.478 e. The molecule has 0 atom stereocenters. The maximum Gasteiger partial charge on any atom is 0.338 e. The summed E-state index contributed by atoms with van der Waals surface area (Å²) in [5, 5.41) is 22.8. The molecule has 0 spiro atoms. The number of hydrogen-bond acceptors (Lipinski definition) is 4. The third kappa shape index (κ3) is 3.29. The van der Waals surface area contributed by atoms with Gasteiger partial charge in [-0.25, -0.2) is 4.79 Å². The van der Waals surface area contributed by atoms with Crippen LogP contribution in [-0.2, 0) is 0 Å². The summed E-state index contributed by atoms with van der Waals surface area (Å²) in [5.41, 5.74) is 1.19. The molecule has 0 bridgehead atoms. The predicted octanol–water partition coefficient (Wildman–Crippen LogP) is 4.00. The topological polar surface area (TPSA) is 92.5 Å². The summed E-state index contributed by atoms with van der Waals surface area (Å²) in [6, 6.07) is 9.32. The van der Waals surface area contributed by atoms with Gasteiger partial charge in [-0.1, -0.05) is 29.3 Å². The maximum atomic E-state index is 11.3. The van der Waals surface area contributed by atoms with E-state index in [1.165, 1.54) is 0 Å². The summed E-state index contributed by atoms with van der Waals surface area (Å²) < 4.78 is 0. The van der Waals surface area contributed by atoms with E-state index in [2.05, 4.69) is 5.32 Å². The number of hydrogen-bond donors (Lipinski definition) is 2. The molecule has 6 nitrogen and oxygen atoms in total. The molecule has 0 amide bonds. The van der Waals surface area contributed by atoms with Gasteiger partial charge in [0.15, 0.2) is 0 Å². The van der Waals surface area contributed by atoms with Crippen LogP contribution in [0.15, 0.2) is 36.4 Å². The first kappa shape index (κ1) is 14.8. The first-order valence-corrected chi connectivity index (χ1v) is 6.31. The van der Waals surface area contributed by atoms with E-state index in [9.17, 15) is 20.0 Å². The van der Waals surface area contributed by atoms with Gasteiger partial charge < -0.3 is 10.4 Å². The van der Waals surface area contributed by atoms with Crippen molar-refractivity contribution in [3.05, 3.63) is 62.7 Å². The molecule has 0 unspecified atom stereocenters. The lowest BCUT2D eigenvalue weighted by Crippen LogP contribution is -2.05. The van der Waals surface area contributed by atoms with Gasteiger partial charge in [0.2, 0.25) is 0 Å². The Labute approximate surface area is 125 Å². The molecule has 0 aliphatic rings. The van der Waals surface area contributed by atoms with Gasteiger partial charge in [0.1, 0.15) is 0 Å². The molecule has 108 valence electrons. The summed E-state index contributed by atoms with van der Waals surface area (Å²) in [4.78, 5) is 21.4. The molecule has 0 saturated carbocycles. The van der Waals surface area contributed by atoms with Crippen LogP contribution in [0.5, 0.6) is 0 Å². The zero-order valence-corrected chi connectivity index (χ0v) is 11.7. The zero-order valence-electron chi connectivity index (χ0n) is 11.0. The number of anilines is 2. The maximum absolute atomic E-state index is 11.3. The number of aryl methyl sites for hydroxylation is 1. The third-order valence-corrected chi connectivity index (χ3v) is 3.14. The van der Waals surface area contributed by atoms with Crippen molar-refractivity contribution in [3.63, 3.8) is 0 Å². The van der Waals surface area contributed by atoms with E-state index in [4.69, 9.17) is 11.6 Å². The van der Waals surface area contributed by atoms with Crippen molar-refractivity contribution in [3.8, 4) is 0 Å². The third-order valence-electron chi connectivity index (χ3n) is 2.84. The summed E-state index contributed by atoms with van der Waals surface area (Å²) in [6.07, 6.45) is 0. The van der Waals surface area contributed by atoms with Crippen molar-refractivity contribution >= 4 is 34.6 Å². The molecule has 2 aromatic carbocycles. The first-order chi connectivity index (χ1) is 9.88. The number of carboxylic acid groups (broad SMARTS) is 1. The smallest absolute Gasteiger partial charge is 0.338 e. The largest absolute Gasteiger partial charge is 0.478 e. The highest BCUT2D eigenvalue weighted by Gasteiger charge is 2.20. The Balaban J connectivity index is 2.49. The molecule has 0 fully saturated rings. The van der Waals surface area contributed by atoms with Crippen molar-refractivity contribution in [1.82, 2.24) is 0 Å². The fourth-order valence-corrected chi connectivity index (χ4v) is 2.04. The first-order valence-electron chi connectivity index (χ1n) is 5.93. The van der Waals surface area contributed by atoms with Crippen LogP contribution in [-0.4, -0.2) is 16.0 Å². The van der Waals surface area contributed by atoms with Crippen molar-refractivity contribution in [1.29, 1.82) is 0 Å².